The van der Waals surface area contributed by atoms with Crippen LogP contribution < -0.4 is 16.0 Å². The lowest BCUT2D eigenvalue weighted by Crippen LogP contribution is -2.47. The first kappa shape index (κ1) is 15.7. The minimum absolute atomic E-state index is 0.0615. The first-order valence-electron chi connectivity index (χ1n) is 5.87. The minimum Gasteiger partial charge on any atom is -0.351 e. The quantitative estimate of drug-likeness (QED) is 0.701. The molecule has 0 bridgehead atoms. The molecule has 0 rings (SSSR count). The van der Waals surface area contributed by atoms with Gasteiger partial charge < -0.3 is 16.0 Å². The van der Waals surface area contributed by atoms with E-state index in [-0.39, 0.29) is 29.4 Å². The Morgan fingerprint density at radius 1 is 0.882 bits per heavy atom. The lowest BCUT2D eigenvalue weighted by atomic mass is 10.1. The molecular formula is C12H25N3O2. The standard InChI is InChI=1S/C12H25N3O2/c1-11(2,3)14-9(16)7-8-13-10(17)15-12(4,5)6/h7-8H2,1-6H3,(H,14,16)(H2,13,15,17). The molecule has 3 N–H and O–H groups in total. The Morgan fingerprint density at radius 3 is 1.76 bits per heavy atom. The maximum atomic E-state index is 11.4. The Morgan fingerprint density at radius 2 is 1.35 bits per heavy atom. The van der Waals surface area contributed by atoms with E-state index in [2.05, 4.69) is 16.0 Å². The fraction of sp³-hybridized carbons (Fsp3) is 0.833. The van der Waals surface area contributed by atoms with Crippen molar-refractivity contribution in [3.05, 3.63) is 0 Å². The fourth-order valence-electron chi connectivity index (χ4n) is 1.16. The number of hydrogen-bond donors (Lipinski definition) is 3. The Labute approximate surface area is 104 Å². The van der Waals surface area contributed by atoms with Crippen LogP contribution in [0.15, 0.2) is 0 Å². The molecular weight excluding hydrogens is 218 g/mol. The average Bonchev–Trinajstić information content (AvgIpc) is 1.95. The van der Waals surface area contributed by atoms with E-state index in [9.17, 15) is 9.59 Å². The van der Waals surface area contributed by atoms with Crippen LogP contribution in [-0.4, -0.2) is 29.6 Å². The summed E-state index contributed by atoms with van der Waals surface area (Å²) in [5, 5.41) is 8.23. The molecule has 0 aliphatic rings. The van der Waals surface area contributed by atoms with Crippen molar-refractivity contribution >= 4 is 11.9 Å². The van der Waals surface area contributed by atoms with E-state index >= 15 is 0 Å². The summed E-state index contributed by atoms with van der Waals surface area (Å²) < 4.78 is 0. The van der Waals surface area contributed by atoms with Crippen LogP contribution in [-0.2, 0) is 4.79 Å². The van der Waals surface area contributed by atoms with Gasteiger partial charge in [0.05, 0.1) is 0 Å². The zero-order valence-electron chi connectivity index (χ0n) is 11.7. The van der Waals surface area contributed by atoms with Gasteiger partial charge in [-0.15, -0.1) is 0 Å². The van der Waals surface area contributed by atoms with Crippen molar-refractivity contribution in [2.45, 2.75) is 59.0 Å². The third kappa shape index (κ3) is 11.0. The first-order chi connectivity index (χ1) is 7.49. The van der Waals surface area contributed by atoms with Gasteiger partial charge in [-0.1, -0.05) is 0 Å². The summed E-state index contributed by atoms with van der Waals surface area (Å²) >= 11 is 0. The van der Waals surface area contributed by atoms with Crippen LogP contribution in [0.2, 0.25) is 0 Å². The lowest BCUT2D eigenvalue weighted by molar-refractivity contribution is -0.122. The van der Waals surface area contributed by atoms with E-state index in [1.807, 2.05) is 41.5 Å². The maximum absolute atomic E-state index is 11.4. The van der Waals surface area contributed by atoms with E-state index in [1.165, 1.54) is 0 Å². The Bertz CT molecular complexity index is 246. The number of rotatable bonds is 3. The third-order valence-corrected chi connectivity index (χ3v) is 1.64. The van der Waals surface area contributed by atoms with Crippen LogP contribution in [0.3, 0.4) is 0 Å². The van der Waals surface area contributed by atoms with Crippen LogP contribution in [0.4, 0.5) is 4.79 Å². The number of urea groups is 1. The van der Waals surface area contributed by atoms with Crippen LogP contribution in [0.1, 0.15) is 48.0 Å². The van der Waals surface area contributed by atoms with Gasteiger partial charge in [-0.3, -0.25) is 4.79 Å². The molecule has 0 saturated carbocycles. The molecule has 5 heteroatoms. The van der Waals surface area contributed by atoms with Gasteiger partial charge >= 0.3 is 6.03 Å². The molecule has 0 saturated heterocycles. The van der Waals surface area contributed by atoms with Crippen LogP contribution >= 0.6 is 0 Å². The molecule has 17 heavy (non-hydrogen) atoms. The van der Waals surface area contributed by atoms with E-state index in [0.717, 1.165) is 0 Å². The van der Waals surface area contributed by atoms with Gasteiger partial charge in [-0.05, 0) is 41.5 Å². The molecule has 0 atom stereocenters. The van der Waals surface area contributed by atoms with Crippen molar-refractivity contribution < 1.29 is 9.59 Å². The van der Waals surface area contributed by atoms with Crippen molar-refractivity contribution in [3.8, 4) is 0 Å². The van der Waals surface area contributed by atoms with Gasteiger partial charge in [-0.2, -0.15) is 0 Å². The number of hydrogen-bond acceptors (Lipinski definition) is 2. The molecule has 5 nitrogen and oxygen atoms in total. The van der Waals surface area contributed by atoms with Gasteiger partial charge in [0.2, 0.25) is 5.91 Å². The maximum Gasteiger partial charge on any atom is 0.315 e. The van der Waals surface area contributed by atoms with Gasteiger partial charge in [-0.25, -0.2) is 4.79 Å². The summed E-state index contributed by atoms with van der Waals surface area (Å²) in [4.78, 5) is 22.8. The van der Waals surface area contributed by atoms with Crippen LogP contribution in [0, 0.1) is 0 Å². The number of carbonyl (C=O) groups excluding carboxylic acids is 2. The second-order valence-electron chi connectivity index (χ2n) is 6.18. The summed E-state index contributed by atoms with van der Waals surface area (Å²) in [7, 11) is 0. The molecule has 0 aromatic rings. The predicted octanol–water partition coefficient (Wildman–Crippen LogP) is 1.39. The molecule has 0 aromatic heterocycles. The van der Waals surface area contributed by atoms with E-state index < -0.39 is 0 Å². The summed E-state index contributed by atoms with van der Waals surface area (Å²) in [6.45, 7) is 11.8. The highest BCUT2D eigenvalue weighted by Gasteiger charge is 2.15. The summed E-state index contributed by atoms with van der Waals surface area (Å²) in [5.41, 5.74) is -0.498. The number of carbonyl (C=O) groups is 2. The Kier molecular flexibility index (Phi) is 5.45. The average molecular weight is 243 g/mol. The first-order valence-corrected chi connectivity index (χ1v) is 5.87. The smallest absolute Gasteiger partial charge is 0.315 e. The normalized spacial score (nSPS) is 11.9. The van der Waals surface area contributed by atoms with Crippen LogP contribution in [0.5, 0.6) is 0 Å². The Balaban J connectivity index is 3.78. The molecule has 0 radical (unpaired) electrons. The molecule has 0 aliphatic heterocycles. The van der Waals surface area contributed by atoms with E-state index in [0.29, 0.717) is 6.54 Å². The topological polar surface area (TPSA) is 70.2 Å². The third-order valence-electron chi connectivity index (χ3n) is 1.64. The highest BCUT2D eigenvalue weighted by molar-refractivity contribution is 5.78. The minimum atomic E-state index is -0.266. The molecule has 0 aliphatic carbocycles. The van der Waals surface area contributed by atoms with Gasteiger partial charge in [0.15, 0.2) is 0 Å². The summed E-state index contributed by atoms with van der Waals surface area (Å²) in [6, 6.07) is -0.249. The molecule has 0 unspecified atom stereocenters. The zero-order valence-corrected chi connectivity index (χ0v) is 11.7. The van der Waals surface area contributed by atoms with Crippen molar-refractivity contribution in [1.82, 2.24) is 16.0 Å². The summed E-state index contributed by atoms with van der Waals surface area (Å²) in [5.74, 6) is -0.0615. The number of nitrogens with one attached hydrogen (secondary N) is 3. The molecule has 3 amide bonds. The largest absolute Gasteiger partial charge is 0.351 e. The predicted molar refractivity (Wildman–Crippen MR) is 68.8 cm³/mol. The van der Waals surface area contributed by atoms with E-state index in [1.54, 1.807) is 0 Å². The second-order valence-corrected chi connectivity index (χ2v) is 6.18. The number of amides is 3. The molecule has 0 heterocycles. The molecule has 0 aromatic carbocycles. The van der Waals surface area contributed by atoms with Crippen molar-refractivity contribution in [2.75, 3.05) is 6.54 Å². The van der Waals surface area contributed by atoms with Crippen molar-refractivity contribution in [2.24, 2.45) is 0 Å². The van der Waals surface area contributed by atoms with Gasteiger partial charge in [0.25, 0.3) is 0 Å². The fourth-order valence-corrected chi connectivity index (χ4v) is 1.16. The molecule has 0 fully saturated rings. The molecule has 0 spiro atoms. The zero-order chi connectivity index (χ0) is 13.7. The second kappa shape index (κ2) is 5.89. The van der Waals surface area contributed by atoms with Crippen molar-refractivity contribution in [1.29, 1.82) is 0 Å². The summed E-state index contributed by atoms with van der Waals surface area (Å²) in [6.07, 6.45) is 0.287. The monoisotopic (exact) mass is 243 g/mol. The lowest BCUT2D eigenvalue weighted by Gasteiger charge is -2.22. The highest BCUT2D eigenvalue weighted by Crippen LogP contribution is 1.99. The highest BCUT2D eigenvalue weighted by atomic mass is 16.2. The Hall–Kier alpha value is -1.26. The van der Waals surface area contributed by atoms with Gasteiger partial charge in [0.1, 0.15) is 0 Å². The SMILES string of the molecule is CC(C)(C)NC(=O)CCNC(=O)NC(C)(C)C. The van der Waals surface area contributed by atoms with Crippen LogP contribution in [0.25, 0.3) is 0 Å². The van der Waals surface area contributed by atoms with Gasteiger partial charge in [0, 0.05) is 24.0 Å². The van der Waals surface area contributed by atoms with E-state index in [4.69, 9.17) is 0 Å². The van der Waals surface area contributed by atoms with Crippen molar-refractivity contribution in [3.63, 3.8) is 0 Å². The molecule has 100 valence electrons.